The van der Waals surface area contributed by atoms with Crippen LogP contribution in [0.2, 0.25) is 0 Å². The van der Waals surface area contributed by atoms with Crippen molar-refractivity contribution in [3.05, 3.63) is 30.1 Å². The SMILES string of the molecule is CCS(=O)(=O)NCc1nnnn1-c1ccc(OC)cc1. The molecular weight excluding hydrogens is 282 g/mol. The second-order valence-electron chi connectivity index (χ2n) is 3.93. The fraction of sp³-hybridized carbons (Fsp3) is 0.364. The molecule has 0 atom stereocenters. The van der Waals surface area contributed by atoms with E-state index >= 15 is 0 Å². The highest BCUT2D eigenvalue weighted by Crippen LogP contribution is 2.14. The molecular formula is C11H15N5O3S. The topological polar surface area (TPSA) is 99.0 Å². The Balaban J connectivity index is 2.19. The number of methoxy groups -OCH3 is 1. The van der Waals surface area contributed by atoms with Crippen molar-refractivity contribution in [2.75, 3.05) is 12.9 Å². The van der Waals surface area contributed by atoms with Crippen molar-refractivity contribution < 1.29 is 13.2 Å². The monoisotopic (exact) mass is 297 g/mol. The second kappa shape index (κ2) is 5.97. The predicted octanol–water partition coefficient (Wildman–Crippen LogP) is 0.110. The van der Waals surface area contributed by atoms with Crippen LogP contribution < -0.4 is 9.46 Å². The molecule has 0 spiro atoms. The molecule has 9 heteroatoms. The van der Waals surface area contributed by atoms with Crippen LogP contribution in [0.4, 0.5) is 0 Å². The lowest BCUT2D eigenvalue weighted by Crippen LogP contribution is -2.26. The summed E-state index contributed by atoms with van der Waals surface area (Å²) in [5, 5.41) is 11.2. The van der Waals surface area contributed by atoms with Gasteiger partial charge in [-0.3, -0.25) is 0 Å². The van der Waals surface area contributed by atoms with Crippen LogP contribution in [0.25, 0.3) is 5.69 Å². The summed E-state index contributed by atoms with van der Waals surface area (Å²) in [7, 11) is -1.70. The van der Waals surface area contributed by atoms with E-state index in [1.165, 1.54) is 4.68 Å². The number of rotatable bonds is 6. The predicted molar refractivity (Wildman–Crippen MR) is 72.0 cm³/mol. The smallest absolute Gasteiger partial charge is 0.211 e. The Bertz CT molecular complexity index is 666. The minimum Gasteiger partial charge on any atom is -0.497 e. The summed E-state index contributed by atoms with van der Waals surface area (Å²) >= 11 is 0. The molecule has 0 saturated heterocycles. The third-order valence-electron chi connectivity index (χ3n) is 2.68. The first-order valence-electron chi connectivity index (χ1n) is 5.94. The molecule has 0 bridgehead atoms. The molecule has 0 amide bonds. The molecule has 108 valence electrons. The van der Waals surface area contributed by atoms with Crippen molar-refractivity contribution in [3.63, 3.8) is 0 Å². The van der Waals surface area contributed by atoms with E-state index in [9.17, 15) is 8.42 Å². The first kappa shape index (κ1) is 14.4. The molecule has 2 aromatic rings. The van der Waals surface area contributed by atoms with E-state index in [1.807, 2.05) is 0 Å². The highest BCUT2D eigenvalue weighted by molar-refractivity contribution is 7.89. The number of hydrogen-bond acceptors (Lipinski definition) is 6. The van der Waals surface area contributed by atoms with Gasteiger partial charge in [0.15, 0.2) is 5.82 Å². The molecule has 1 N–H and O–H groups in total. The molecule has 0 aliphatic heterocycles. The highest BCUT2D eigenvalue weighted by Gasteiger charge is 2.12. The van der Waals surface area contributed by atoms with Gasteiger partial charge in [-0.15, -0.1) is 5.10 Å². The second-order valence-corrected chi connectivity index (χ2v) is 6.03. The van der Waals surface area contributed by atoms with E-state index in [4.69, 9.17) is 4.74 Å². The first-order chi connectivity index (χ1) is 9.55. The van der Waals surface area contributed by atoms with E-state index in [0.717, 1.165) is 11.4 Å². The zero-order valence-electron chi connectivity index (χ0n) is 11.1. The number of nitrogens with one attached hydrogen (secondary N) is 1. The van der Waals surface area contributed by atoms with E-state index in [-0.39, 0.29) is 12.3 Å². The number of tetrazole rings is 1. The van der Waals surface area contributed by atoms with Gasteiger partial charge < -0.3 is 4.74 Å². The summed E-state index contributed by atoms with van der Waals surface area (Å²) in [6, 6.07) is 7.12. The molecule has 0 radical (unpaired) electrons. The number of hydrogen-bond donors (Lipinski definition) is 1. The molecule has 0 unspecified atom stereocenters. The van der Waals surface area contributed by atoms with Crippen molar-refractivity contribution in [2.24, 2.45) is 0 Å². The summed E-state index contributed by atoms with van der Waals surface area (Å²) in [5.41, 5.74) is 0.724. The maximum absolute atomic E-state index is 11.4. The molecule has 20 heavy (non-hydrogen) atoms. The minimum absolute atomic E-state index is 0.0110. The van der Waals surface area contributed by atoms with Crippen molar-refractivity contribution in [2.45, 2.75) is 13.5 Å². The number of ether oxygens (including phenoxy) is 1. The third kappa shape index (κ3) is 3.31. The van der Waals surface area contributed by atoms with Crippen LogP contribution >= 0.6 is 0 Å². The Kier molecular flexibility index (Phi) is 4.30. The standard InChI is InChI=1S/C11H15N5O3S/c1-3-20(17,18)12-8-11-13-14-15-16(11)9-4-6-10(19-2)7-5-9/h4-7,12H,3,8H2,1-2H3. The molecule has 0 fully saturated rings. The highest BCUT2D eigenvalue weighted by atomic mass is 32.2. The summed E-state index contributed by atoms with van der Waals surface area (Å²) < 4.78 is 31.8. The minimum atomic E-state index is -3.28. The first-order valence-corrected chi connectivity index (χ1v) is 7.60. The van der Waals surface area contributed by atoms with Crippen LogP contribution in [0, 0.1) is 0 Å². The number of sulfonamides is 1. The molecule has 0 aliphatic carbocycles. The van der Waals surface area contributed by atoms with Crippen molar-refractivity contribution in [1.82, 2.24) is 24.9 Å². The summed E-state index contributed by atoms with van der Waals surface area (Å²) in [6.45, 7) is 1.60. The molecule has 0 saturated carbocycles. The van der Waals surface area contributed by atoms with E-state index in [1.54, 1.807) is 38.3 Å². The lowest BCUT2D eigenvalue weighted by molar-refractivity contribution is 0.414. The van der Waals surface area contributed by atoms with E-state index in [0.29, 0.717) is 5.82 Å². The molecule has 1 aromatic carbocycles. The van der Waals surface area contributed by atoms with Gasteiger partial charge in [0, 0.05) is 0 Å². The van der Waals surface area contributed by atoms with Crippen molar-refractivity contribution in [3.8, 4) is 11.4 Å². The Morgan fingerprint density at radius 3 is 2.60 bits per heavy atom. The van der Waals surface area contributed by atoms with Gasteiger partial charge in [-0.05, 0) is 41.6 Å². The fourth-order valence-electron chi connectivity index (χ4n) is 1.52. The maximum Gasteiger partial charge on any atom is 0.211 e. The molecule has 1 aromatic heterocycles. The van der Waals surface area contributed by atoms with Crippen LogP contribution in [0.1, 0.15) is 12.7 Å². The third-order valence-corrected chi connectivity index (χ3v) is 4.03. The number of aromatic nitrogens is 4. The maximum atomic E-state index is 11.4. The van der Waals surface area contributed by atoms with Gasteiger partial charge in [0.05, 0.1) is 25.1 Å². The van der Waals surface area contributed by atoms with Crippen LogP contribution in [-0.4, -0.2) is 41.5 Å². The van der Waals surface area contributed by atoms with Gasteiger partial charge in [0.1, 0.15) is 5.75 Å². The zero-order chi connectivity index (χ0) is 14.6. The quantitative estimate of drug-likeness (QED) is 0.812. The van der Waals surface area contributed by atoms with Crippen molar-refractivity contribution in [1.29, 1.82) is 0 Å². The lowest BCUT2D eigenvalue weighted by atomic mass is 10.3. The van der Waals surface area contributed by atoms with Crippen molar-refractivity contribution >= 4 is 10.0 Å². The van der Waals surface area contributed by atoms with Crippen LogP contribution in [-0.2, 0) is 16.6 Å². The summed E-state index contributed by atoms with van der Waals surface area (Å²) in [5.74, 6) is 1.14. The normalized spacial score (nSPS) is 11.5. The molecule has 2 rings (SSSR count). The largest absolute Gasteiger partial charge is 0.497 e. The Hall–Kier alpha value is -2.00. The van der Waals surface area contributed by atoms with Gasteiger partial charge >= 0.3 is 0 Å². The van der Waals surface area contributed by atoms with Crippen LogP contribution in [0.3, 0.4) is 0 Å². The van der Waals surface area contributed by atoms with Crippen LogP contribution in [0.5, 0.6) is 5.75 Å². The van der Waals surface area contributed by atoms with E-state index < -0.39 is 10.0 Å². The number of benzene rings is 1. The molecule has 0 aliphatic rings. The van der Waals surface area contributed by atoms with Crippen LogP contribution in [0.15, 0.2) is 24.3 Å². The average Bonchev–Trinajstić information content (AvgIpc) is 2.94. The van der Waals surface area contributed by atoms with Gasteiger partial charge in [-0.2, -0.15) is 4.68 Å². The molecule has 1 heterocycles. The lowest BCUT2D eigenvalue weighted by Gasteiger charge is -2.06. The summed E-state index contributed by atoms with van der Waals surface area (Å²) in [4.78, 5) is 0. The van der Waals surface area contributed by atoms with Gasteiger partial charge in [0.25, 0.3) is 0 Å². The fourth-order valence-corrected chi connectivity index (χ4v) is 2.07. The Morgan fingerprint density at radius 2 is 2.00 bits per heavy atom. The van der Waals surface area contributed by atoms with Gasteiger partial charge in [-0.25, -0.2) is 13.1 Å². The average molecular weight is 297 g/mol. The summed E-state index contributed by atoms with van der Waals surface area (Å²) in [6.07, 6.45) is 0. The van der Waals surface area contributed by atoms with E-state index in [2.05, 4.69) is 20.2 Å². The zero-order valence-corrected chi connectivity index (χ0v) is 12.0. The number of nitrogens with zero attached hydrogens (tertiary/aromatic N) is 4. The van der Waals surface area contributed by atoms with Gasteiger partial charge in [-0.1, -0.05) is 0 Å². The Labute approximate surface area is 116 Å². The molecule has 8 nitrogen and oxygen atoms in total. The Morgan fingerprint density at radius 1 is 1.30 bits per heavy atom. The van der Waals surface area contributed by atoms with Gasteiger partial charge in [0.2, 0.25) is 10.0 Å².